The molecule has 144 valence electrons. The second-order valence-electron chi connectivity index (χ2n) is 6.33. The molecule has 4 rings (SSSR count). The van der Waals surface area contributed by atoms with Crippen LogP contribution in [0.15, 0.2) is 47.2 Å². The Morgan fingerprint density at radius 1 is 1.21 bits per heavy atom. The number of ether oxygens (including phenoxy) is 2. The molecule has 28 heavy (non-hydrogen) atoms. The van der Waals surface area contributed by atoms with Gasteiger partial charge in [0, 0.05) is 54.9 Å². The quantitative estimate of drug-likeness (QED) is 0.725. The van der Waals surface area contributed by atoms with Crippen LogP contribution in [0.4, 0.5) is 10.5 Å². The van der Waals surface area contributed by atoms with E-state index in [2.05, 4.69) is 20.4 Å². The van der Waals surface area contributed by atoms with Crippen LogP contribution in [-0.4, -0.2) is 53.4 Å². The minimum atomic E-state index is -0.210. The van der Waals surface area contributed by atoms with Crippen LogP contribution >= 0.6 is 0 Å². The fourth-order valence-corrected chi connectivity index (χ4v) is 2.90. The molecular formula is C19H19N5O4. The number of likely N-dealkylation sites (tertiary alicyclic amines) is 1. The fraction of sp³-hybridized carbons (Fsp3) is 0.263. The van der Waals surface area contributed by atoms with Crippen LogP contribution in [0.25, 0.3) is 11.4 Å². The third-order valence-electron chi connectivity index (χ3n) is 4.48. The van der Waals surface area contributed by atoms with Crippen molar-refractivity contribution in [2.24, 2.45) is 0 Å². The van der Waals surface area contributed by atoms with Crippen molar-refractivity contribution >= 4 is 11.7 Å². The van der Waals surface area contributed by atoms with Gasteiger partial charge >= 0.3 is 6.03 Å². The van der Waals surface area contributed by atoms with Crippen LogP contribution in [-0.2, 0) is 0 Å². The third-order valence-corrected chi connectivity index (χ3v) is 4.48. The van der Waals surface area contributed by atoms with Gasteiger partial charge < -0.3 is 24.2 Å². The lowest BCUT2D eigenvalue weighted by molar-refractivity contribution is 0.147. The number of pyridine rings is 1. The predicted molar refractivity (Wildman–Crippen MR) is 100 cm³/mol. The van der Waals surface area contributed by atoms with Crippen molar-refractivity contribution in [2.45, 2.75) is 5.92 Å². The van der Waals surface area contributed by atoms with E-state index in [1.165, 1.54) is 0 Å². The Hall–Kier alpha value is -3.62. The lowest BCUT2D eigenvalue weighted by atomic mass is 10.0. The second kappa shape index (κ2) is 7.55. The summed E-state index contributed by atoms with van der Waals surface area (Å²) in [5.41, 5.74) is 1.39. The highest BCUT2D eigenvalue weighted by atomic mass is 16.5. The van der Waals surface area contributed by atoms with Gasteiger partial charge in [-0.2, -0.15) is 4.98 Å². The molecule has 1 N–H and O–H groups in total. The van der Waals surface area contributed by atoms with E-state index < -0.39 is 0 Å². The van der Waals surface area contributed by atoms with Gasteiger partial charge in [-0.15, -0.1) is 0 Å². The maximum Gasteiger partial charge on any atom is 0.321 e. The van der Waals surface area contributed by atoms with Crippen LogP contribution in [0.5, 0.6) is 11.5 Å². The van der Waals surface area contributed by atoms with Crippen molar-refractivity contribution in [3.05, 3.63) is 48.6 Å². The summed E-state index contributed by atoms with van der Waals surface area (Å²) in [6.07, 6.45) is 3.36. The van der Waals surface area contributed by atoms with Crippen molar-refractivity contribution in [2.75, 3.05) is 32.6 Å². The molecule has 1 aromatic carbocycles. The normalized spacial score (nSPS) is 13.7. The summed E-state index contributed by atoms with van der Waals surface area (Å²) in [5.74, 6) is 2.24. The Balaban J connectivity index is 1.36. The van der Waals surface area contributed by atoms with Crippen molar-refractivity contribution < 1.29 is 18.8 Å². The summed E-state index contributed by atoms with van der Waals surface area (Å²) in [7, 11) is 3.12. The molecule has 0 aliphatic carbocycles. The first kappa shape index (κ1) is 17.8. The molecule has 0 atom stereocenters. The first-order chi connectivity index (χ1) is 13.7. The van der Waals surface area contributed by atoms with Crippen LogP contribution < -0.4 is 14.8 Å². The third kappa shape index (κ3) is 3.59. The molecule has 0 radical (unpaired) electrons. The summed E-state index contributed by atoms with van der Waals surface area (Å²) in [6.45, 7) is 1.00. The van der Waals surface area contributed by atoms with Gasteiger partial charge in [-0.25, -0.2) is 4.79 Å². The molecule has 0 saturated carbocycles. The number of carbonyl (C=O) groups excluding carboxylic acids is 1. The number of rotatable bonds is 5. The lowest BCUT2D eigenvalue weighted by Gasteiger charge is -2.36. The fourth-order valence-electron chi connectivity index (χ4n) is 2.90. The van der Waals surface area contributed by atoms with Gasteiger partial charge in [0.05, 0.1) is 20.1 Å². The van der Waals surface area contributed by atoms with Gasteiger partial charge in [-0.05, 0) is 12.1 Å². The van der Waals surface area contributed by atoms with E-state index in [-0.39, 0.29) is 11.9 Å². The molecule has 2 amide bonds. The number of hydrogen-bond donors (Lipinski definition) is 1. The zero-order valence-electron chi connectivity index (χ0n) is 15.5. The largest absolute Gasteiger partial charge is 0.497 e. The minimum Gasteiger partial charge on any atom is -0.497 e. The van der Waals surface area contributed by atoms with Gasteiger partial charge in [0.25, 0.3) is 0 Å². The number of nitrogens with zero attached hydrogens (tertiary/aromatic N) is 4. The molecule has 9 heteroatoms. The maximum atomic E-state index is 12.5. The monoisotopic (exact) mass is 381 g/mol. The van der Waals surface area contributed by atoms with Crippen LogP contribution in [0, 0.1) is 0 Å². The van der Waals surface area contributed by atoms with Gasteiger partial charge in [-0.1, -0.05) is 5.16 Å². The molecule has 1 fully saturated rings. The van der Waals surface area contributed by atoms with E-state index >= 15 is 0 Å². The highest BCUT2D eigenvalue weighted by Crippen LogP contribution is 2.29. The number of urea groups is 1. The van der Waals surface area contributed by atoms with Crippen LogP contribution in [0.2, 0.25) is 0 Å². The zero-order valence-corrected chi connectivity index (χ0v) is 15.5. The van der Waals surface area contributed by atoms with Gasteiger partial charge in [0.2, 0.25) is 11.7 Å². The van der Waals surface area contributed by atoms with E-state index in [1.807, 2.05) is 12.1 Å². The number of anilines is 1. The van der Waals surface area contributed by atoms with Crippen molar-refractivity contribution in [3.8, 4) is 22.9 Å². The number of nitrogens with one attached hydrogen (secondary N) is 1. The number of hydrogen-bond acceptors (Lipinski definition) is 7. The molecule has 1 aliphatic heterocycles. The van der Waals surface area contributed by atoms with E-state index in [9.17, 15) is 4.79 Å². The molecule has 1 aliphatic rings. The first-order valence-corrected chi connectivity index (χ1v) is 8.69. The number of carbonyl (C=O) groups is 1. The molecule has 0 bridgehead atoms. The Kier molecular flexibility index (Phi) is 4.79. The molecule has 3 heterocycles. The Morgan fingerprint density at radius 2 is 1.96 bits per heavy atom. The van der Waals surface area contributed by atoms with Gasteiger partial charge in [0.1, 0.15) is 11.5 Å². The summed E-state index contributed by atoms with van der Waals surface area (Å²) in [6, 6.07) is 8.67. The SMILES string of the molecule is COc1cc(NC(=O)N2CC(c3nc(-c4cccnc4)no3)C2)cc(OC)c1. The predicted octanol–water partition coefficient (Wildman–Crippen LogP) is 2.78. The van der Waals surface area contributed by atoms with E-state index in [0.29, 0.717) is 42.0 Å². The summed E-state index contributed by atoms with van der Waals surface area (Å²) in [4.78, 5) is 22.6. The summed E-state index contributed by atoms with van der Waals surface area (Å²) < 4.78 is 15.8. The Bertz CT molecular complexity index is 947. The second-order valence-corrected chi connectivity index (χ2v) is 6.33. The van der Waals surface area contributed by atoms with Gasteiger partial charge in [-0.3, -0.25) is 4.98 Å². The Labute approximate surface area is 161 Å². The van der Waals surface area contributed by atoms with E-state index in [1.54, 1.807) is 49.7 Å². The molecule has 0 spiro atoms. The van der Waals surface area contributed by atoms with E-state index in [0.717, 1.165) is 5.56 Å². The number of benzene rings is 1. The topological polar surface area (TPSA) is 103 Å². The highest BCUT2D eigenvalue weighted by Gasteiger charge is 2.35. The average molecular weight is 381 g/mol. The molecule has 1 saturated heterocycles. The van der Waals surface area contributed by atoms with Crippen LogP contribution in [0.3, 0.4) is 0 Å². The molecule has 3 aromatic rings. The molecule has 0 unspecified atom stereocenters. The maximum absolute atomic E-state index is 12.5. The number of amides is 2. The van der Waals surface area contributed by atoms with Crippen molar-refractivity contribution in [1.29, 1.82) is 0 Å². The number of methoxy groups -OCH3 is 2. The van der Waals surface area contributed by atoms with Crippen LogP contribution in [0.1, 0.15) is 11.8 Å². The van der Waals surface area contributed by atoms with Crippen molar-refractivity contribution in [3.63, 3.8) is 0 Å². The zero-order chi connectivity index (χ0) is 19.5. The lowest BCUT2D eigenvalue weighted by Crippen LogP contribution is -2.50. The summed E-state index contributed by atoms with van der Waals surface area (Å²) in [5, 5.41) is 6.84. The standard InChI is InChI=1S/C19H19N5O4/c1-26-15-6-14(7-16(8-15)27-2)21-19(25)24-10-13(11-24)18-22-17(23-28-18)12-4-3-5-20-9-12/h3-9,13H,10-11H2,1-2H3,(H,21,25). The smallest absolute Gasteiger partial charge is 0.321 e. The van der Waals surface area contributed by atoms with Gasteiger partial charge in [0.15, 0.2) is 0 Å². The Morgan fingerprint density at radius 3 is 2.61 bits per heavy atom. The molecule has 2 aromatic heterocycles. The van der Waals surface area contributed by atoms with Crippen molar-refractivity contribution in [1.82, 2.24) is 20.0 Å². The molecule has 9 nitrogen and oxygen atoms in total. The highest BCUT2D eigenvalue weighted by molar-refractivity contribution is 5.90. The molecular weight excluding hydrogens is 362 g/mol. The van der Waals surface area contributed by atoms with E-state index in [4.69, 9.17) is 14.0 Å². The minimum absolute atomic E-state index is 0.0171. The first-order valence-electron chi connectivity index (χ1n) is 8.69. The average Bonchev–Trinajstić information content (AvgIpc) is 3.16. The summed E-state index contributed by atoms with van der Waals surface area (Å²) >= 11 is 0. The number of aromatic nitrogens is 3.